The summed E-state index contributed by atoms with van der Waals surface area (Å²) >= 11 is 0. The van der Waals surface area contributed by atoms with Crippen LogP contribution in [-0.4, -0.2) is 26.9 Å². The van der Waals surface area contributed by atoms with Crippen molar-refractivity contribution in [2.24, 2.45) is 0 Å². The van der Waals surface area contributed by atoms with E-state index < -0.39 is 11.8 Å². The summed E-state index contributed by atoms with van der Waals surface area (Å²) in [6, 6.07) is 7.32. The van der Waals surface area contributed by atoms with Crippen LogP contribution in [-0.2, 0) is 6.54 Å². The molecule has 0 spiro atoms. The van der Waals surface area contributed by atoms with Gasteiger partial charge in [-0.05, 0) is 42.3 Å². The maximum Gasteiger partial charge on any atom is 0.324 e. The number of carbonyl (C=O) groups is 2. The van der Waals surface area contributed by atoms with Gasteiger partial charge < -0.3 is 20.0 Å². The largest absolute Gasteiger partial charge is 0.449 e. The second-order valence-corrected chi connectivity index (χ2v) is 7.26. The van der Waals surface area contributed by atoms with E-state index in [1.165, 1.54) is 18.7 Å². The number of hydrogen-bond donors (Lipinski definition) is 4. The molecule has 5 rings (SSSR count). The lowest BCUT2D eigenvalue weighted by atomic mass is 9.92. The highest BCUT2D eigenvalue weighted by atomic mass is 19.1. The van der Waals surface area contributed by atoms with Crippen molar-refractivity contribution in [2.45, 2.75) is 13.5 Å². The zero-order chi connectivity index (χ0) is 22.2. The second kappa shape index (κ2) is 7.65. The molecule has 1 aliphatic rings. The van der Waals surface area contributed by atoms with Crippen LogP contribution < -0.4 is 16.0 Å². The highest BCUT2D eigenvalue weighted by molar-refractivity contribution is 6.06. The van der Waals surface area contributed by atoms with Crippen LogP contribution in [0.5, 0.6) is 0 Å². The maximum absolute atomic E-state index is 15.0. The number of amides is 3. The first-order chi connectivity index (χ1) is 15.5. The standard InChI is InChI=1S/C22H17FN6O3/c1-11-7-24-20(27-11)15-5-4-13(16-8-25-21(30)19(15)16)14-3-2-12(6-17(14)23)28-22(31)29-18-9-32-10-26-18/h2-7,9-10H,8H2,1H3,(H,24,27)(H,25,30)(H2,28,29,31). The van der Waals surface area contributed by atoms with Crippen LogP contribution in [0.25, 0.3) is 22.5 Å². The monoisotopic (exact) mass is 432 g/mol. The van der Waals surface area contributed by atoms with E-state index in [1.54, 1.807) is 30.5 Å². The lowest BCUT2D eigenvalue weighted by Gasteiger charge is -2.13. The van der Waals surface area contributed by atoms with Gasteiger partial charge in [0.2, 0.25) is 0 Å². The van der Waals surface area contributed by atoms with Gasteiger partial charge in [-0.3, -0.25) is 10.1 Å². The second-order valence-electron chi connectivity index (χ2n) is 7.26. The average molecular weight is 432 g/mol. The lowest BCUT2D eigenvalue weighted by molar-refractivity contribution is 0.0966. The number of halogens is 1. The zero-order valence-electron chi connectivity index (χ0n) is 16.8. The van der Waals surface area contributed by atoms with Gasteiger partial charge in [-0.25, -0.2) is 14.2 Å². The number of urea groups is 1. The summed E-state index contributed by atoms with van der Waals surface area (Å²) in [5.41, 5.74) is 3.90. The van der Waals surface area contributed by atoms with Crippen molar-refractivity contribution < 1.29 is 18.4 Å². The molecule has 9 nitrogen and oxygen atoms in total. The maximum atomic E-state index is 15.0. The number of fused-ring (bicyclic) bond motifs is 1. The highest BCUT2D eigenvalue weighted by Gasteiger charge is 2.28. The molecule has 1 aliphatic heterocycles. The zero-order valence-corrected chi connectivity index (χ0v) is 16.8. The fraction of sp³-hybridized carbons (Fsp3) is 0.0909. The Bertz CT molecular complexity index is 1350. The number of nitrogens with one attached hydrogen (secondary N) is 4. The number of anilines is 2. The van der Waals surface area contributed by atoms with Crippen LogP contribution in [0.3, 0.4) is 0 Å². The molecule has 32 heavy (non-hydrogen) atoms. The Morgan fingerprint density at radius 2 is 1.94 bits per heavy atom. The number of aromatic nitrogens is 3. The van der Waals surface area contributed by atoms with Gasteiger partial charge in [0.1, 0.15) is 17.9 Å². The van der Waals surface area contributed by atoms with Crippen LogP contribution in [0, 0.1) is 12.7 Å². The number of carbonyl (C=O) groups excluding carboxylic acids is 2. The van der Waals surface area contributed by atoms with Gasteiger partial charge >= 0.3 is 6.03 Å². The first kappa shape index (κ1) is 19.5. The number of H-pyrrole nitrogens is 1. The van der Waals surface area contributed by atoms with Crippen molar-refractivity contribution in [2.75, 3.05) is 10.6 Å². The third-order valence-corrected chi connectivity index (χ3v) is 5.11. The normalized spacial score (nSPS) is 12.4. The first-order valence-electron chi connectivity index (χ1n) is 9.72. The number of aryl methyl sites for hydroxylation is 1. The van der Waals surface area contributed by atoms with E-state index in [-0.39, 0.29) is 24.0 Å². The van der Waals surface area contributed by atoms with Gasteiger partial charge in [0.15, 0.2) is 12.2 Å². The average Bonchev–Trinajstić information content (AvgIpc) is 3.50. The molecular formula is C22H17FN6O3. The van der Waals surface area contributed by atoms with Crippen LogP contribution in [0.15, 0.2) is 53.6 Å². The van der Waals surface area contributed by atoms with Crippen molar-refractivity contribution in [1.82, 2.24) is 20.3 Å². The molecule has 4 N–H and O–H groups in total. The fourth-order valence-electron chi connectivity index (χ4n) is 3.71. The van der Waals surface area contributed by atoms with Gasteiger partial charge in [0.25, 0.3) is 5.91 Å². The lowest BCUT2D eigenvalue weighted by Crippen LogP contribution is -2.19. The van der Waals surface area contributed by atoms with E-state index in [0.717, 1.165) is 5.69 Å². The summed E-state index contributed by atoms with van der Waals surface area (Å²) in [4.78, 5) is 35.8. The van der Waals surface area contributed by atoms with Gasteiger partial charge in [0.05, 0.1) is 5.56 Å². The number of oxazole rings is 1. The molecule has 2 aromatic carbocycles. The van der Waals surface area contributed by atoms with E-state index in [1.807, 2.05) is 6.92 Å². The topological polar surface area (TPSA) is 125 Å². The molecule has 2 aromatic heterocycles. The Hall–Kier alpha value is -4.47. The van der Waals surface area contributed by atoms with Crippen LogP contribution >= 0.6 is 0 Å². The third-order valence-electron chi connectivity index (χ3n) is 5.11. The molecule has 4 aromatic rings. The van der Waals surface area contributed by atoms with Gasteiger partial charge in [0, 0.05) is 35.2 Å². The van der Waals surface area contributed by atoms with Gasteiger partial charge in [-0.2, -0.15) is 4.98 Å². The molecule has 0 bridgehead atoms. The van der Waals surface area contributed by atoms with Crippen molar-refractivity contribution in [3.05, 3.63) is 71.8 Å². The Balaban J connectivity index is 1.46. The minimum atomic E-state index is -0.583. The molecule has 10 heteroatoms. The van der Waals surface area contributed by atoms with Crippen molar-refractivity contribution in [1.29, 1.82) is 0 Å². The van der Waals surface area contributed by atoms with Crippen LogP contribution in [0.1, 0.15) is 21.6 Å². The Morgan fingerprint density at radius 3 is 2.66 bits per heavy atom. The molecule has 0 unspecified atom stereocenters. The molecule has 0 aliphatic carbocycles. The van der Waals surface area contributed by atoms with Crippen LogP contribution in [0.2, 0.25) is 0 Å². The summed E-state index contributed by atoms with van der Waals surface area (Å²) in [6.07, 6.45) is 4.14. The number of rotatable bonds is 4. The minimum Gasteiger partial charge on any atom is -0.449 e. The molecule has 0 saturated heterocycles. The fourth-order valence-corrected chi connectivity index (χ4v) is 3.71. The van der Waals surface area contributed by atoms with Gasteiger partial charge in [-0.15, -0.1) is 0 Å². The Kier molecular flexibility index (Phi) is 4.66. The minimum absolute atomic E-state index is 0.228. The number of benzene rings is 2. The summed E-state index contributed by atoms with van der Waals surface area (Å²) < 4.78 is 19.8. The number of nitrogens with zero attached hydrogens (tertiary/aromatic N) is 2. The Labute approximate surface area is 181 Å². The Morgan fingerprint density at radius 1 is 1.12 bits per heavy atom. The number of imidazole rings is 1. The van der Waals surface area contributed by atoms with E-state index in [9.17, 15) is 9.59 Å². The molecule has 3 heterocycles. The molecular weight excluding hydrogens is 415 g/mol. The van der Waals surface area contributed by atoms with E-state index in [0.29, 0.717) is 33.6 Å². The van der Waals surface area contributed by atoms with Crippen molar-refractivity contribution in [3.63, 3.8) is 0 Å². The number of aromatic amines is 1. The third kappa shape index (κ3) is 3.47. The molecule has 0 radical (unpaired) electrons. The van der Waals surface area contributed by atoms with Crippen molar-refractivity contribution in [3.8, 4) is 22.5 Å². The molecule has 3 amide bonds. The van der Waals surface area contributed by atoms with Gasteiger partial charge in [-0.1, -0.05) is 6.07 Å². The SMILES string of the molecule is Cc1cnc(-c2ccc(-c3ccc(NC(=O)Nc4cocn4)cc3F)c3c2C(=O)NC3)[nH]1. The predicted octanol–water partition coefficient (Wildman–Crippen LogP) is 4.07. The molecule has 0 saturated carbocycles. The highest BCUT2D eigenvalue weighted by Crippen LogP contribution is 2.36. The van der Waals surface area contributed by atoms with E-state index in [4.69, 9.17) is 4.42 Å². The summed E-state index contributed by atoms with van der Waals surface area (Å²) in [5, 5.41) is 7.82. The van der Waals surface area contributed by atoms with Crippen LogP contribution in [0.4, 0.5) is 20.7 Å². The number of hydrogen-bond acceptors (Lipinski definition) is 5. The van der Waals surface area contributed by atoms with E-state index >= 15 is 4.39 Å². The van der Waals surface area contributed by atoms with E-state index in [2.05, 4.69) is 30.9 Å². The molecule has 0 fully saturated rings. The summed E-state index contributed by atoms with van der Waals surface area (Å²) in [5.74, 6) is 0.0566. The predicted molar refractivity (Wildman–Crippen MR) is 114 cm³/mol. The smallest absolute Gasteiger partial charge is 0.324 e. The molecule has 0 atom stereocenters. The molecule has 160 valence electrons. The first-order valence-corrected chi connectivity index (χ1v) is 9.72. The summed E-state index contributed by atoms with van der Waals surface area (Å²) in [6.45, 7) is 2.17. The quantitative estimate of drug-likeness (QED) is 0.387. The summed E-state index contributed by atoms with van der Waals surface area (Å²) in [7, 11) is 0. The van der Waals surface area contributed by atoms with Crippen molar-refractivity contribution >= 4 is 23.4 Å².